The van der Waals surface area contributed by atoms with Gasteiger partial charge in [0.05, 0.1) is 18.0 Å². The molecular formula is C16H18N2O3S. The number of hydrogen-bond acceptors (Lipinski definition) is 4. The minimum Gasteiger partial charge on any atom is -0.439 e. The van der Waals surface area contributed by atoms with E-state index in [1.807, 2.05) is 42.5 Å². The van der Waals surface area contributed by atoms with Crippen molar-refractivity contribution in [3.05, 3.63) is 54.2 Å². The Balaban J connectivity index is 1.85. The van der Waals surface area contributed by atoms with E-state index in [4.69, 9.17) is 4.74 Å². The lowest BCUT2D eigenvalue weighted by molar-refractivity contribution is 0.387. The zero-order valence-electron chi connectivity index (χ0n) is 12.3. The van der Waals surface area contributed by atoms with Gasteiger partial charge in [0.2, 0.25) is 15.9 Å². The summed E-state index contributed by atoms with van der Waals surface area (Å²) >= 11 is 0. The summed E-state index contributed by atoms with van der Waals surface area (Å²) < 4.78 is 31.0. The predicted octanol–water partition coefficient (Wildman–Crippen LogP) is 2.97. The lowest BCUT2D eigenvalue weighted by Gasteiger charge is -2.21. The van der Waals surface area contributed by atoms with Crippen molar-refractivity contribution in [2.75, 3.05) is 12.8 Å². The van der Waals surface area contributed by atoms with Crippen molar-refractivity contribution in [1.82, 2.24) is 9.29 Å². The second-order valence-corrected chi connectivity index (χ2v) is 7.28. The summed E-state index contributed by atoms with van der Waals surface area (Å²) in [4.78, 5) is 4.49. The van der Waals surface area contributed by atoms with Crippen LogP contribution < -0.4 is 4.74 Å². The maximum absolute atomic E-state index is 11.9. The Hall–Kier alpha value is -1.92. The van der Waals surface area contributed by atoms with Gasteiger partial charge in [0, 0.05) is 12.6 Å². The van der Waals surface area contributed by atoms with Crippen molar-refractivity contribution >= 4 is 10.0 Å². The highest BCUT2D eigenvalue weighted by Crippen LogP contribution is 2.33. The summed E-state index contributed by atoms with van der Waals surface area (Å²) in [7, 11) is -3.22. The van der Waals surface area contributed by atoms with Gasteiger partial charge in [0.15, 0.2) is 0 Å². The molecule has 0 radical (unpaired) electrons. The van der Waals surface area contributed by atoms with E-state index in [1.165, 1.54) is 10.6 Å². The Morgan fingerprint density at radius 3 is 2.64 bits per heavy atom. The fourth-order valence-corrected chi connectivity index (χ4v) is 3.85. The molecule has 2 heterocycles. The van der Waals surface area contributed by atoms with Crippen LogP contribution in [0.4, 0.5) is 0 Å². The van der Waals surface area contributed by atoms with E-state index in [0.29, 0.717) is 18.2 Å². The number of aromatic nitrogens is 1. The average Bonchev–Trinajstić information content (AvgIpc) is 2.98. The first-order valence-electron chi connectivity index (χ1n) is 7.21. The van der Waals surface area contributed by atoms with E-state index < -0.39 is 10.0 Å². The second-order valence-electron chi connectivity index (χ2n) is 5.35. The number of benzene rings is 1. The second kappa shape index (κ2) is 6.06. The van der Waals surface area contributed by atoms with Crippen LogP contribution in [0, 0.1) is 0 Å². The van der Waals surface area contributed by atoms with Crippen LogP contribution in [0.3, 0.4) is 0 Å². The van der Waals surface area contributed by atoms with Crippen LogP contribution in [-0.4, -0.2) is 30.5 Å². The molecule has 22 heavy (non-hydrogen) atoms. The van der Waals surface area contributed by atoms with E-state index in [-0.39, 0.29) is 6.04 Å². The standard InChI is InChI=1S/C16H18N2O3S/c1-22(19,20)18-12-6-10-15(18)14-9-5-11-16(17-14)21-13-7-3-2-4-8-13/h2-5,7-9,11,15H,6,10,12H2,1H3/t15-/m1/s1. The Morgan fingerprint density at radius 1 is 1.14 bits per heavy atom. The summed E-state index contributed by atoms with van der Waals surface area (Å²) in [5.74, 6) is 1.18. The van der Waals surface area contributed by atoms with Gasteiger partial charge in [-0.15, -0.1) is 0 Å². The predicted molar refractivity (Wildman–Crippen MR) is 84.3 cm³/mol. The van der Waals surface area contributed by atoms with Crippen molar-refractivity contribution in [3.8, 4) is 11.6 Å². The van der Waals surface area contributed by atoms with Gasteiger partial charge in [-0.25, -0.2) is 13.4 Å². The Labute approximate surface area is 130 Å². The van der Waals surface area contributed by atoms with Crippen LogP contribution in [-0.2, 0) is 10.0 Å². The third-order valence-corrected chi connectivity index (χ3v) is 4.97. The highest BCUT2D eigenvalue weighted by atomic mass is 32.2. The van der Waals surface area contributed by atoms with Crippen LogP contribution in [0.25, 0.3) is 0 Å². The molecule has 0 unspecified atom stereocenters. The van der Waals surface area contributed by atoms with Gasteiger partial charge >= 0.3 is 0 Å². The molecule has 0 spiro atoms. The van der Waals surface area contributed by atoms with Crippen LogP contribution in [0.1, 0.15) is 24.6 Å². The summed E-state index contributed by atoms with van der Waals surface area (Å²) in [6, 6.07) is 14.7. The van der Waals surface area contributed by atoms with Crippen molar-refractivity contribution < 1.29 is 13.2 Å². The quantitative estimate of drug-likeness (QED) is 0.869. The van der Waals surface area contributed by atoms with Gasteiger partial charge in [0.25, 0.3) is 0 Å². The highest BCUT2D eigenvalue weighted by Gasteiger charge is 2.33. The molecule has 0 amide bonds. The minimum absolute atomic E-state index is 0.200. The fraction of sp³-hybridized carbons (Fsp3) is 0.312. The third kappa shape index (κ3) is 3.28. The zero-order valence-corrected chi connectivity index (χ0v) is 13.2. The number of pyridine rings is 1. The summed E-state index contributed by atoms with van der Waals surface area (Å²) in [6.45, 7) is 0.551. The smallest absolute Gasteiger partial charge is 0.219 e. The number of nitrogens with zero attached hydrogens (tertiary/aromatic N) is 2. The summed E-state index contributed by atoms with van der Waals surface area (Å²) in [5, 5.41) is 0. The first-order valence-corrected chi connectivity index (χ1v) is 9.05. The molecule has 0 N–H and O–H groups in total. The van der Waals surface area contributed by atoms with E-state index in [1.54, 1.807) is 6.07 Å². The minimum atomic E-state index is -3.22. The Morgan fingerprint density at radius 2 is 1.91 bits per heavy atom. The third-order valence-electron chi connectivity index (χ3n) is 3.68. The largest absolute Gasteiger partial charge is 0.439 e. The monoisotopic (exact) mass is 318 g/mol. The average molecular weight is 318 g/mol. The molecule has 1 aliphatic heterocycles. The van der Waals surface area contributed by atoms with Gasteiger partial charge in [0.1, 0.15) is 5.75 Å². The van der Waals surface area contributed by atoms with Gasteiger partial charge in [-0.05, 0) is 31.0 Å². The SMILES string of the molecule is CS(=O)(=O)N1CCC[C@@H]1c1cccc(Oc2ccccc2)n1. The van der Waals surface area contributed by atoms with E-state index in [9.17, 15) is 8.42 Å². The number of ether oxygens (including phenoxy) is 1. The van der Waals surface area contributed by atoms with Gasteiger partial charge in [-0.1, -0.05) is 24.3 Å². The lowest BCUT2D eigenvalue weighted by atomic mass is 10.1. The molecule has 5 nitrogen and oxygen atoms in total. The van der Waals surface area contributed by atoms with Gasteiger partial charge < -0.3 is 4.74 Å². The molecule has 0 saturated carbocycles. The van der Waals surface area contributed by atoms with E-state index in [2.05, 4.69) is 4.98 Å². The maximum Gasteiger partial charge on any atom is 0.219 e. The number of hydrogen-bond donors (Lipinski definition) is 0. The number of para-hydroxylation sites is 1. The number of rotatable bonds is 4. The molecule has 1 atom stereocenters. The molecule has 1 aromatic carbocycles. The first-order chi connectivity index (χ1) is 10.5. The first kappa shape index (κ1) is 15.0. The maximum atomic E-state index is 11.9. The van der Waals surface area contributed by atoms with Crippen molar-refractivity contribution in [3.63, 3.8) is 0 Å². The van der Waals surface area contributed by atoms with Crippen LogP contribution >= 0.6 is 0 Å². The van der Waals surface area contributed by atoms with E-state index >= 15 is 0 Å². The molecule has 6 heteroatoms. The van der Waals surface area contributed by atoms with Crippen molar-refractivity contribution in [2.45, 2.75) is 18.9 Å². The molecule has 1 fully saturated rings. The van der Waals surface area contributed by atoms with E-state index in [0.717, 1.165) is 18.5 Å². The fourth-order valence-electron chi connectivity index (χ4n) is 2.72. The van der Waals surface area contributed by atoms with Crippen molar-refractivity contribution in [2.24, 2.45) is 0 Å². The molecule has 2 aromatic rings. The van der Waals surface area contributed by atoms with Crippen LogP contribution in [0.5, 0.6) is 11.6 Å². The lowest BCUT2D eigenvalue weighted by Crippen LogP contribution is -2.29. The normalized spacial score (nSPS) is 19.2. The Bertz CT molecular complexity index is 747. The Kier molecular flexibility index (Phi) is 4.13. The molecule has 0 aliphatic carbocycles. The van der Waals surface area contributed by atoms with Crippen LogP contribution in [0.2, 0.25) is 0 Å². The molecule has 116 valence electrons. The topological polar surface area (TPSA) is 59.5 Å². The molecule has 3 rings (SSSR count). The van der Waals surface area contributed by atoms with Crippen LogP contribution in [0.15, 0.2) is 48.5 Å². The molecule has 1 aliphatic rings. The van der Waals surface area contributed by atoms with Gasteiger partial charge in [-0.2, -0.15) is 4.31 Å². The molecule has 1 aromatic heterocycles. The molecular weight excluding hydrogens is 300 g/mol. The van der Waals surface area contributed by atoms with Crippen molar-refractivity contribution in [1.29, 1.82) is 0 Å². The van der Waals surface area contributed by atoms with Gasteiger partial charge in [-0.3, -0.25) is 0 Å². The number of sulfonamides is 1. The summed E-state index contributed by atoms with van der Waals surface area (Å²) in [6.07, 6.45) is 2.88. The highest BCUT2D eigenvalue weighted by molar-refractivity contribution is 7.88. The molecule has 1 saturated heterocycles. The molecule has 0 bridgehead atoms. The zero-order chi connectivity index (χ0) is 15.6. The summed E-state index contributed by atoms with van der Waals surface area (Å²) in [5.41, 5.74) is 0.733.